The Labute approximate surface area is 186 Å². The van der Waals surface area contributed by atoms with Crippen molar-refractivity contribution in [3.8, 4) is 0 Å². The molecule has 0 spiro atoms. The highest BCUT2D eigenvalue weighted by molar-refractivity contribution is 5.81. The molecule has 30 heavy (non-hydrogen) atoms. The van der Waals surface area contributed by atoms with Crippen molar-refractivity contribution in [3.63, 3.8) is 0 Å². The minimum atomic E-state index is -0.276. The molecule has 1 saturated heterocycles. The molecule has 1 amide bonds. The fraction of sp³-hybridized carbons (Fsp3) is 0.960. The Morgan fingerprint density at radius 3 is 2.23 bits per heavy atom. The summed E-state index contributed by atoms with van der Waals surface area (Å²) < 4.78 is 0. The lowest BCUT2D eigenvalue weighted by Gasteiger charge is -2.38. The van der Waals surface area contributed by atoms with E-state index >= 15 is 0 Å². The van der Waals surface area contributed by atoms with Crippen LogP contribution in [0.5, 0.6) is 0 Å². The number of likely N-dealkylation sites (tertiary alicyclic amines) is 1. The number of carbonyl (C=O) groups excluding carboxylic acids is 1. The Balaban J connectivity index is 0.00000218. The Hall–Kier alpha value is -0.650. The first-order chi connectivity index (χ1) is 14.3. The second-order valence-corrected chi connectivity index (χ2v) is 10.5. The van der Waals surface area contributed by atoms with Crippen LogP contribution in [-0.4, -0.2) is 71.4 Å². The van der Waals surface area contributed by atoms with Gasteiger partial charge in [-0.2, -0.15) is 0 Å². The molecule has 5 nitrogen and oxygen atoms in total. The molecule has 0 bridgehead atoms. The molecule has 2 aliphatic rings. The van der Waals surface area contributed by atoms with Crippen LogP contribution in [0.2, 0.25) is 0 Å². The summed E-state index contributed by atoms with van der Waals surface area (Å²) in [6.07, 6.45) is 13.4. The number of piperidine rings is 1. The summed E-state index contributed by atoms with van der Waals surface area (Å²) in [5.41, 5.74) is -0.276. The van der Waals surface area contributed by atoms with Gasteiger partial charge in [-0.3, -0.25) is 9.69 Å². The molecule has 0 radical (unpaired) electrons. The lowest BCUT2D eigenvalue weighted by atomic mass is 9.89. The summed E-state index contributed by atoms with van der Waals surface area (Å²) in [6.45, 7) is 12.0. The summed E-state index contributed by atoms with van der Waals surface area (Å²) in [7, 11) is 1.00. The third-order valence-corrected chi connectivity index (χ3v) is 6.82. The normalized spacial score (nSPS) is 23.6. The molecule has 1 aliphatic carbocycles. The fourth-order valence-corrected chi connectivity index (χ4v) is 5.01. The minimum Gasteiger partial charge on any atom is -0.400 e. The quantitative estimate of drug-likeness (QED) is 0.535. The molecule has 2 fully saturated rings. The van der Waals surface area contributed by atoms with E-state index in [1.165, 1.54) is 57.8 Å². The van der Waals surface area contributed by atoms with Gasteiger partial charge in [-0.05, 0) is 57.5 Å². The molecule has 1 aliphatic heterocycles. The molecule has 0 aromatic rings. The van der Waals surface area contributed by atoms with Gasteiger partial charge in [0.15, 0.2) is 0 Å². The van der Waals surface area contributed by atoms with Crippen LogP contribution < -0.4 is 0 Å². The third kappa shape index (κ3) is 9.23. The molecule has 1 saturated carbocycles. The van der Waals surface area contributed by atoms with E-state index < -0.39 is 0 Å². The van der Waals surface area contributed by atoms with E-state index in [1.807, 2.05) is 0 Å². The highest BCUT2D eigenvalue weighted by Crippen LogP contribution is 2.28. The van der Waals surface area contributed by atoms with Crippen LogP contribution in [0, 0.1) is 11.3 Å². The fourth-order valence-electron chi connectivity index (χ4n) is 5.01. The zero-order valence-electron chi connectivity index (χ0n) is 20.5. The van der Waals surface area contributed by atoms with Gasteiger partial charge in [0.2, 0.25) is 5.91 Å². The second-order valence-electron chi connectivity index (χ2n) is 10.5. The van der Waals surface area contributed by atoms with E-state index in [0.717, 1.165) is 45.5 Å². The Bertz CT molecular complexity index is 458. The highest BCUT2D eigenvalue weighted by atomic mass is 16.3. The first-order valence-electron chi connectivity index (χ1n) is 12.4. The first-order valence-corrected chi connectivity index (χ1v) is 12.4. The molecular weight excluding hydrogens is 376 g/mol. The molecule has 5 heteroatoms. The number of hydrogen-bond acceptors (Lipinski definition) is 4. The van der Waals surface area contributed by atoms with Crippen molar-refractivity contribution in [2.24, 2.45) is 11.3 Å². The van der Waals surface area contributed by atoms with E-state index in [-0.39, 0.29) is 5.41 Å². The maximum Gasteiger partial charge on any atom is 0.228 e. The number of carbonyl (C=O) groups is 1. The molecule has 2 rings (SSSR count). The van der Waals surface area contributed by atoms with Crippen LogP contribution in [-0.2, 0) is 4.79 Å². The second kappa shape index (κ2) is 14.4. The van der Waals surface area contributed by atoms with E-state index in [1.54, 1.807) is 0 Å². The van der Waals surface area contributed by atoms with Crippen molar-refractivity contribution in [2.45, 2.75) is 110 Å². The van der Waals surface area contributed by atoms with Crippen molar-refractivity contribution in [1.82, 2.24) is 9.80 Å². The zero-order chi connectivity index (χ0) is 22.6. The van der Waals surface area contributed by atoms with Crippen LogP contribution in [0.4, 0.5) is 0 Å². The van der Waals surface area contributed by atoms with Gasteiger partial charge in [0.1, 0.15) is 0 Å². The monoisotopic (exact) mass is 426 g/mol. The number of nitrogens with zero attached hydrogens (tertiary/aromatic N) is 2. The lowest BCUT2D eigenvalue weighted by molar-refractivity contribution is -0.142. The van der Waals surface area contributed by atoms with Crippen LogP contribution in [0.15, 0.2) is 0 Å². The van der Waals surface area contributed by atoms with Gasteiger partial charge < -0.3 is 15.1 Å². The smallest absolute Gasteiger partial charge is 0.228 e. The summed E-state index contributed by atoms with van der Waals surface area (Å²) >= 11 is 0. The van der Waals surface area contributed by atoms with Gasteiger partial charge in [-0.15, -0.1) is 0 Å². The molecule has 0 aromatic heterocycles. The average molecular weight is 427 g/mol. The van der Waals surface area contributed by atoms with Gasteiger partial charge >= 0.3 is 0 Å². The van der Waals surface area contributed by atoms with Crippen molar-refractivity contribution in [2.75, 3.05) is 33.4 Å². The van der Waals surface area contributed by atoms with Crippen LogP contribution in [0.25, 0.3) is 0 Å². The number of aliphatic hydroxyl groups is 2. The Morgan fingerprint density at radius 1 is 1.00 bits per heavy atom. The summed E-state index contributed by atoms with van der Waals surface area (Å²) in [6, 6.07) is 0.844. The number of unbranched alkanes of at least 4 members (excludes halogenated alkanes) is 3. The van der Waals surface area contributed by atoms with E-state index in [4.69, 9.17) is 5.11 Å². The van der Waals surface area contributed by atoms with Crippen LogP contribution in [0.1, 0.15) is 98.3 Å². The SMILES string of the molecule is CC1CCN(CCCCCCN(C(=O)C(C)(C)C)C2CCCCC2)C(CO)C1.CO. The largest absolute Gasteiger partial charge is 0.400 e. The predicted octanol–water partition coefficient (Wildman–Crippen LogP) is 4.46. The van der Waals surface area contributed by atoms with Gasteiger partial charge in [-0.25, -0.2) is 0 Å². The van der Waals surface area contributed by atoms with E-state index in [0.29, 0.717) is 24.6 Å². The van der Waals surface area contributed by atoms with Gasteiger partial charge in [0.05, 0.1) is 6.61 Å². The van der Waals surface area contributed by atoms with E-state index in [9.17, 15) is 9.90 Å². The summed E-state index contributed by atoms with van der Waals surface area (Å²) in [5, 5.41) is 16.6. The molecule has 2 atom stereocenters. The average Bonchev–Trinajstić information content (AvgIpc) is 2.75. The number of amides is 1. The van der Waals surface area contributed by atoms with Gasteiger partial charge in [0, 0.05) is 31.2 Å². The Kier molecular flexibility index (Phi) is 13.2. The topological polar surface area (TPSA) is 64.0 Å². The molecule has 1 heterocycles. The van der Waals surface area contributed by atoms with E-state index in [2.05, 4.69) is 37.5 Å². The summed E-state index contributed by atoms with van der Waals surface area (Å²) in [5.74, 6) is 1.09. The number of rotatable bonds is 9. The van der Waals surface area contributed by atoms with Crippen molar-refractivity contribution in [1.29, 1.82) is 0 Å². The minimum absolute atomic E-state index is 0.276. The predicted molar refractivity (Wildman–Crippen MR) is 125 cm³/mol. The number of hydrogen-bond donors (Lipinski definition) is 2. The standard InChI is InChI=1S/C24H46N2O2.CH4O/c1-20-14-17-25(22(18-20)19-27)15-10-5-6-11-16-26(23(28)24(2,3)4)21-12-8-7-9-13-21;1-2/h20-22,27H,5-19H2,1-4H3;2H,1H3. The molecular formula is C25H50N2O3. The molecule has 2 N–H and O–H groups in total. The van der Waals surface area contributed by atoms with Gasteiger partial charge in [0.25, 0.3) is 0 Å². The first kappa shape index (κ1) is 27.4. The molecule has 178 valence electrons. The van der Waals surface area contributed by atoms with Gasteiger partial charge in [-0.1, -0.05) is 59.8 Å². The maximum atomic E-state index is 13.0. The maximum absolute atomic E-state index is 13.0. The van der Waals surface area contributed by atoms with Crippen LogP contribution >= 0.6 is 0 Å². The van der Waals surface area contributed by atoms with Crippen molar-refractivity contribution >= 4 is 5.91 Å². The zero-order valence-corrected chi connectivity index (χ0v) is 20.5. The molecule has 0 aromatic carbocycles. The number of aliphatic hydroxyl groups excluding tert-OH is 2. The third-order valence-electron chi connectivity index (χ3n) is 6.82. The Morgan fingerprint density at radius 2 is 1.63 bits per heavy atom. The summed E-state index contributed by atoms with van der Waals surface area (Å²) in [4.78, 5) is 17.7. The van der Waals surface area contributed by atoms with Crippen molar-refractivity contribution < 1.29 is 15.0 Å². The molecule has 2 unspecified atom stereocenters. The lowest BCUT2D eigenvalue weighted by Crippen LogP contribution is -2.47. The highest BCUT2D eigenvalue weighted by Gasteiger charge is 2.32. The van der Waals surface area contributed by atoms with Crippen LogP contribution in [0.3, 0.4) is 0 Å². The van der Waals surface area contributed by atoms with Crippen molar-refractivity contribution in [3.05, 3.63) is 0 Å².